The zero-order chi connectivity index (χ0) is 17.4. The van der Waals surface area contributed by atoms with E-state index >= 15 is 0 Å². The van der Waals surface area contributed by atoms with Crippen molar-refractivity contribution in [3.8, 4) is 0 Å². The molecule has 1 unspecified atom stereocenters. The molecule has 1 aliphatic carbocycles. The number of hydrogen-bond donors (Lipinski definition) is 2. The van der Waals surface area contributed by atoms with Gasteiger partial charge in [0.2, 0.25) is 11.8 Å². The first-order valence-corrected chi connectivity index (χ1v) is 9.23. The molecule has 2 amide bonds. The van der Waals surface area contributed by atoms with Crippen LogP contribution in [0.1, 0.15) is 56.9 Å². The Labute approximate surface area is 149 Å². The molecule has 1 saturated carbocycles. The third-order valence-corrected chi connectivity index (χ3v) is 4.91. The second kappa shape index (κ2) is 9.67. The Hall–Kier alpha value is -1.55. The molecule has 0 radical (unpaired) electrons. The van der Waals surface area contributed by atoms with Gasteiger partial charge in [-0.05, 0) is 49.3 Å². The largest absolute Gasteiger partial charge is 0.356 e. The molecule has 2 N–H and O–H groups in total. The number of hydrogen-bond acceptors (Lipinski definition) is 2. The molecular formula is C19H27ClN2O2. The van der Waals surface area contributed by atoms with Crippen molar-refractivity contribution in [3.05, 3.63) is 34.9 Å². The van der Waals surface area contributed by atoms with Crippen molar-refractivity contribution in [1.82, 2.24) is 10.6 Å². The monoisotopic (exact) mass is 350 g/mol. The summed E-state index contributed by atoms with van der Waals surface area (Å²) in [5.41, 5.74) is 1.06. The minimum Gasteiger partial charge on any atom is -0.356 e. The Morgan fingerprint density at radius 3 is 2.25 bits per heavy atom. The van der Waals surface area contributed by atoms with Gasteiger partial charge in [-0.2, -0.15) is 0 Å². The Kier molecular flexibility index (Phi) is 7.57. The van der Waals surface area contributed by atoms with Crippen LogP contribution in [-0.4, -0.2) is 24.9 Å². The molecule has 0 aliphatic heterocycles. The summed E-state index contributed by atoms with van der Waals surface area (Å²) in [7, 11) is 0. The first-order chi connectivity index (χ1) is 11.6. The first-order valence-electron chi connectivity index (χ1n) is 8.85. The normalized spacial score (nSPS) is 15.9. The fraction of sp³-hybridized carbons (Fsp3) is 0.579. The van der Waals surface area contributed by atoms with Crippen molar-refractivity contribution in [1.29, 1.82) is 0 Å². The number of carbonyl (C=O) groups is 2. The molecule has 1 aromatic carbocycles. The first kappa shape index (κ1) is 18.8. The molecule has 0 bridgehead atoms. The van der Waals surface area contributed by atoms with E-state index < -0.39 is 0 Å². The summed E-state index contributed by atoms with van der Waals surface area (Å²) in [4.78, 5) is 23.6. The second-order valence-corrected chi connectivity index (χ2v) is 6.99. The number of benzene rings is 1. The van der Waals surface area contributed by atoms with Gasteiger partial charge < -0.3 is 10.6 Å². The average molecular weight is 351 g/mol. The molecule has 1 aromatic rings. The number of rotatable bonds is 8. The number of carbonyl (C=O) groups excluding carboxylic acids is 2. The van der Waals surface area contributed by atoms with Crippen molar-refractivity contribution in [2.75, 3.05) is 13.1 Å². The molecule has 0 saturated heterocycles. The third-order valence-electron chi connectivity index (χ3n) is 4.66. The highest BCUT2D eigenvalue weighted by molar-refractivity contribution is 6.30. The van der Waals surface area contributed by atoms with Gasteiger partial charge in [0.25, 0.3) is 0 Å². The molecule has 1 aliphatic rings. The maximum atomic E-state index is 12.7. The van der Waals surface area contributed by atoms with Crippen LogP contribution in [0.2, 0.25) is 5.02 Å². The zero-order valence-corrected chi connectivity index (χ0v) is 15.1. The Morgan fingerprint density at radius 2 is 1.67 bits per heavy atom. The van der Waals surface area contributed by atoms with Crippen molar-refractivity contribution in [2.45, 2.75) is 51.4 Å². The minimum atomic E-state index is -0.0832. The van der Waals surface area contributed by atoms with Crippen LogP contribution in [0.5, 0.6) is 0 Å². The van der Waals surface area contributed by atoms with Crippen LogP contribution in [0.15, 0.2) is 24.3 Å². The summed E-state index contributed by atoms with van der Waals surface area (Å²) >= 11 is 5.98. The van der Waals surface area contributed by atoms with E-state index in [9.17, 15) is 9.59 Å². The van der Waals surface area contributed by atoms with Gasteiger partial charge >= 0.3 is 0 Å². The lowest BCUT2D eigenvalue weighted by molar-refractivity contribution is -0.124. The van der Waals surface area contributed by atoms with E-state index in [1.165, 1.54) is 19.8 Å². The molecule has 4 nitrogen and oxygen atoms in total. The molecule has 5 heteroatoms. The summed E-state index contributed by atoms with van der Waals surface area (Å²) in [6.45, 7) is 2.82. The highest BCUT2D eigenvalue weighted by Crippen LogP contribution is 2.37. The highest BCUT2D eigenvalue weighted by atomic mass is 35.5. The van der Waals surface area contributed by atoms with Gasteiger partial charge in [-0.25, -0.2) is 0 Å². The lowest BCUT2D eigenvalue weighted by Crippen LogP contribution is -2.33. The summed E-state index contributed by atoms with van der Waals surface area (Å²) in [5.74, 6) is 0.442. The molecule has 0 heterocycles. The lowest BCUT2D eigenvalue weighted by atomic mass is 9.84. The molecule has 0 aromatic heterocycles. The van der Waals surface area contributed by atoms with Gasteiger partial charge in [0.1, 0.15) is 0 Å². The fourth-order valence-electron chi connectivity index (χ4n) is 3.43. The number of halogens is 1. The number of nitrogens with one attached hydrogen (secondary N) is 2. The van der Waals surface area contributed by atoms with E-state index in [0.717, 1.165) is 31.2 Å². The van der Waals surface area contributed by atoms with Gasteiger partial charge in [-0.3, -0.25) is 9.59 Å². The molecule has 0 spiro atoms. The molecular weight excluding hydrogens is 324 g/mol. The van der Waals surface area contributed by atoms with Crippen molar-refractivity contribution in [3.63, 3.8) is 0 Å². The summed E-state index contributed by atoms with van der Waals surface area (Å²) < 4.78 is 0. The van der Waals surface area contributed by atoms with Crippen LogP contribution in [0.3, 0.4) is 0 Å². The topological polar surface area (TPSA) is 58.2 Å². The predicted octanol–water partition coefficient (Wildman–Crippen LogP) is 3.65. The average Bonchev–Trinajstić information content (AvgIpc) is 3.06. The molecule has 1 atom stereocenters. The Morgan fingerprint density at radius 1 is 1.08 bits per heavy atom. The minimum absolute atomic E-state index is 0.0110. The fourth-order valence-corrected chi connectivity index (χ4v) is 3.56. The molecule has 132 valence electrons. The maximum Gasteiger partial charge on any atom is 0.227 e. The number of amides is 2. The van der Waals surface area contributed by atoms with Crippen LogP contribution in [0.25, 0.3) is 0 Å². The van der Waals surface area contributed by atoms with Crippen LogP contribution in [-0.2, 0) is 9.59 Å². The highest BCUT2D eigenvalue weighted by Gasteiger charge is 2.31. The van der Waals surface area contributed by atoms with E-state index in [2.05, 4.69) is 10.6 Å². The molecule has 1 fully saturated rings. The van der Waals surface area contributed by atoms with Crippen molar-refractivity contribution in [2.24, 2.45) is 5.92 Å². The predicted molar refractivity (Wildman–Crippen MR) is 97.1 cm³/mol. The van der Waals surface area contributed by atoms with Crippen LogP contribution < -0.4 is 10.6 Å². The summed E-state index contributed by atoms with van der Waals surface area (Å²) in [5, 5.41) is 6.54. The van der Waals surface area contributed by atoms with E-state index in [-0.39, 0.29) is 17.7 Å². The quantitative estimate of drug-likeness (QED) is 0.703. The van der Waals surface area contributed by atoms with Gasteiger partial charge in [0.15, 0.2) is 0 Å². The van der Waals surface area contributed by atoms with E-state index in [4.69, 9.17) is 11.6 Å². The second-order valence-electron chi connectivity index (χ2n) is 6.55. The standard InChI is InChI=1S/C19H27ClN2O2/c1-14(23)21-12-4-5-13-22-19(24)18(15-6-2-3-7-15)16-8-10-17(20)11-9-16/h8-11,15,18H,2-7,12-13H2,1H3,(H,21,23)(H,22,24). The van der Waals surface area contributed by atoms with Gasteiger partial charge in [0.05, 0.1) is 5.92 Å². The zero-order valence-electron chi connectivity index (χ0n) is 14.3. The van der Waals surface area contributed by atoms with Crippen LogP contribution >= 0.6 is 11.6 Å². The van der Waals surface area contributed by atoms with E-state index in [0.29, 0.717) is 24.0 Å². The van der Waals surface area contributed by atoms with Gasteiger partial charge in [-0.15, -0.1) is 0 Å². The Bertz CT molecular complexity index is 539. The third kappa shape index (κ3) is 5.82. The van der Waals surface area contributed by atoms with Crippen LogP contribution in [0, 0.1) is 5.92 Å². The van der Waals surface area contributed by atoms with Crippen molar-refractivity contribution >= 4 is 23.4 Å². The molecule has 2 rings (SSSR count). The summed E-state index contributed by atoms with van der Waals surface area (Å²) in [6.07, 6.45) is 6.38. The summed E-state index contributed by atoms with van der Waals surface area (Å²) in [6, 6.07) is 7.67. The van der Waals surface area contributed by atoms with Crippen molar-refractivity contribution < 1.29 is 9.59 Å². The SMILES string of the molecule is CC(=O)NCCCCNC(=O)C(c1ccc(Cl)cc1)C1CCCC1. The molecule has 24 heavy (non-hydrogen) atoms. The van der Waals surface area contributed by atoms with Gasteiger partial charge in [-0.1, -0.05) is 36.6 Å². The smallest absolute Gasteiger partial charge is 0.227 e. The number of unbranched alkanes of at least 4 members (excludes halogenated alkanes) is 1. The van der Waals surface area contributed by atoms with E-state index in [1.807, 2.05) is 24.3 Å². The Balaban J connectivity index is 1.88. The van der Waals surface area contributed by atoms with E-state index in [1.54, 1.807) is 0 Å². The maximum absolute atomic E-state index is 12.7. The van der Waals surface area contributed by atoms with Gasteiger partial charge in [0, 0.05) is 25.0 Å². The lowest BCUT2D eigenvalue weighted by Gasteiger charge is -2.23. The van der Waals surface area contributed by atoms with Crippen LogP contribution in [0.4, 0.5) is 0 Å².